The summed E-state index contributed by atoms with van der Waals surface area (Å²) >= 11 is 5.77. The van der Waals surface area contributed by atoms with Crippen molar-refractivity contribution < 1.29 is 4.79 Å². The molecule has 0 aliphatic carbocycles. The molecule has 0 aromatic heterocycles. The second-order valence-corrected chi connectivity index (χ2v) is 9.14. The highest BCUT2D eigenvalue weighted by atomic mass is 32.3. The maximum absolute atomic E-state index is 12.5. The van der Waals surface area contributed by atoms with Crippen LogP contribution in [0, 0.1) is 0 Å². The summed E-state index contributed by atoms with van der Waals surface area (Å²) in [4.78, 5) is 12.5. The molecule has 2 aromatic carbocycles. The summed E-state index contributed by atoms with van der Waals surface area (Å²) in [6.45, 7) is 0. The molecule has 1 N–H and O–H groups in total. The van der Waals surface area contributed by atoms with E-state index in [1.54, 1.807) is 0 Å². The number of thioether (sulfide) groups is 3. The van der Waals surface area contributed by atoms with E-state index >= 15 is 0 Å². The summed E-state index contributed by atoms with van der Waals surface area (Å²) < 4.78 is 0.358. The first-order chi connectivity index (χ1) is 10.8. The number of rotatable bonds is 4. The van der Waals surface area contributed by atoms with E-state index in [9.17, 15) is 4.79 Å². The van der Waals surface area contributed by atoms with Crippen molar-refractivity contribution in [3.05, 3.63) is 71.8 Å². The van der Waals surface area contributed by atoms with E-state index < -0.39 is 0 Å². The third kappa shape index (κ3) is 4.03. The number of carbonyl (C=O) groups is 1. The van der Waals surface area contributed by atoms with Crippen LogP contribution in [0.15, 0.2) is 60.7 Å². The van der Waals surface area contributed by atoms with Crippen LogP contribution in [0.25, 0.3) is 0 Å². The van der Waals surface area contributed by atoms with Crippen LogP contribution in [0.1, 0.15) is 22.0 Å². The lowest BCUT2D eigenvalue weighted by atomic mass is 10.1. The molecule has 0 radical (unpaired) electrons. The molecule has 1 heterocycles. The third-order valence-electron chi connectivity index (χ3n) is 3.38. The van der Waals surface area contributed by atoms with Gasteiger partial charge in [-0.3, -0.25) is 4.79 Å². The van der Waals surface area contributed by atoms with Gasteiger partial charge in [-0.2, -0.15) is 0 Å². The lowest BCUT2D eigenvalue weighted by Crippen LogP contribution is -2.34. The summed E-state index contributed by atoms with van der Waals surface area (Å²) in [7, 11) is 0. The third-order valence-corrected chi connectivity index (χ3v) is 7.82. The van der Waals surface area contributed by atoms with Crippen molar-refractivity contribution in [3.63, 3.8) is 0 Å². The Bertz CT molecular complexity index is 600. The van der Waals surface area contributed by atoms with Gasteiger partial charge in [0.15, 0.2) is 0 Å². The molecule has 1 unspecified atom stereocenters. The molecule has 0 bridgehead atoms. The molecule has 1 aliphatic heterocycles. The minimum Gasteiger partial charge on any atom is -0.343 e. The standard InChI is InChI=1S/C17H17NOS3/c19-16(14-9-5-2-6-10-14)18-15(13-7-3-1-4-8-13)17-21-11-20-12-22-17/h1-10,15,17H,11-12H2,(H,18,19). The molecule has 1 aliphatic rings. The Labute approximate surface area is 143 Å². The molecule has 2 nitrogen and oxygen atoms in total. The summed E-state index contributed by atoms with van der Waals surface area (Å²) in [5, 5.41) is 5.40. The van der Waals surface area contributed by atoms with Crippen LogP contribution < -0.4 is 5.32 Å². The topological polar surface area (TPSA) is 29.1 Å². The molecule has 2 aromatic rings. The predicted molar refractivity (Wildman–Crippen MR) is 99.4 cm³/mol. The van der Waals surface area contributed by atoms with Gasteiger partial charge < -0.3 is 5.32 Å². The average Bonchev–Trinajstić information content (AvgIpc) is 2.62. The zero-order valence-corrected chi connectivity index (χ0v) is 14.4. The van der Waals surface area contributed by atoms with Crippen molar-refractivity contribution in [2.45, 2.75) is 10.6 Å². The molecule has 0 spiro atoms. The number of nitrogens with one attached hydrogen (secondary N) is 1. The Balaban J connectivity index is 1.81. The lowest BCUT2D eigenvalue weighted by Gasteiger charge is -2.30. The van der Waals surface area contributed by atoms with Crippen LogP contribution >= 0.6 is 35.3 Å². The maximum atomic E-state index is 12.5. The van der Waals surface area contributed by atoms with Crippen molar-refractivity contribution in [2.75, 3.05) is 10.2 Å². The van der Waals surface area contributed by atoms with Crippen LogP contribution in [0.4, 0.5) is 0 Å². The van der Waals surface area contributed by atoms with Gasteiger partial charge in [0.25, 0.3) is 5.91 Å². The van der Waals surface area contributed by atoms with E-state index in [0.29, 0.717) is 10.1 Å². The van der Waals surface area contributed by atoms with Gasteiger partial charge in [0, 0.05) is 15.7 Å². The minimum atomic E-state index is -0.00567. The monoisotopic (exact) mass is 347 g/mol. The van der Waals surface area contributed by atoms with E-state index in [1.165, 1.54) is 5.56 Å². The highest BCUT2D eigenvalue weighted by Gasteiger charge is 2.28. The Morgan fingerprint density at radius 2 is 1.55 bits per heavy atom. The van der Waals surface area contributed by atoms with E-state index in [2.05, 4.69) is 17.4 Å². The highest BCUT2D eigenvalue weighted by molar-refractivity contribution is 8.32. The van der Waals surface area contributed by atoms with Crippen LogP contribution in [0.5, 0.6) is 0 Å². The largest absolute Gasteiger partial charge is 0.343 e. The summed E-state index contributed by atoms with van der Waals surface area (Å²) in [5.41, 5.74) is 1.88. The smallest absolute Gasteiger partial charge is 0.251 e. The lowest BCUT2D eigenvalue weighted by molar-refractivity contribution is 0.0939. The molecule has 1 saturated heterocycles. The number of carbonyl (C=O) groups excluding carboxylic acids is 1. The first-order valence-electron chi connectivity index (χ1n) is 7.06. The summed E-state index contributed by atoms with van der Waals surface area (Å²) in [6, 6.07) is 19.7. The fourth-order valence-corrected chi connectivity index (χ4v) is 7.24. The Hall–Kier alpha value is -1.04. The molecule has 1 amide bonds. The van der Waals surface area contributed by atoms with Gasteiger partial charge in [0.05, 0.1) is 10.6 Å². The van der Waals surface area contributed by atoms with Crippen LogP contribution in [0.2, 0.25) is 0 Å². The van der Waals surface area contributed by atoms with E-state index in [-0.39, 0.29) is 11.9 Å². The minimum absolute atomic E-state index is 0.00567. The second kappa shape index (κ2) is 7.99. The van der Waals surface area contributed by atoms with Gasteiger partial charge in [0.2, 0.25) is 0 Å². The van der Waals surface area contributed by atoms with Gasteiger partial charge in [-0.25, -0.2) is 0 Å². The number of amides is 1. The van der Waals surface area contributed by atoms with Crippen LogP contribution in [-0.4, -0.2) is 20.7 Å². The van der Waals surface area contributed by atoms with Crippen molar-refractivity contribution in [2.24, 2.45) is 0 Å². The summed E-state index contributed by atoms with van der Waals surface area (Å²) in [5.74, 6) is -0.00567. The predicted octanol–water partition coefficient (Wildman–Crippen LogP) is 4.61. The zero-order chi connectivity index (χ0) is 15.2. The fraction of sp³-hybridized carbons (Fsp3) is 0.235. The first-order valence-corrected chi connectivity index (χ1v) is 10.3. The second-order valence-electron chi connectivity index (χ2n) is 4.87. The molecule has 5 heteroatoms. The quantitative estimate of drug-likeness (QED) is 0.874. The first kappa shape index (κ1) is 15.8. The molecule has 22 heavy (non-hydrogen) atoms. The van der Waals surface area contributed by atoms with Crippen LogP contribution in [0.3, 0.4) is 0 Å². The van der Waals surface area contributed by atoms with Gasteiger partial charge in [-0.05, 0) is 17.7 Å². The van der Waals surface area contributed by atoms with Crippen molar-refractivity contribution >= 4 is 41.2 Å². The van der Waals surface area contributed by atoms with Crippen LogP contribution in [-0.2, 0) is 0 Å². The zero-order valence-electron chi connectivity index (χ0n) is 12.0. The van der Waals surface area contributed by atoms with Crippen molar-refractivity contribution in [3.8, 4) is 0 Å². The normalized spacial score (nSPS) is 16.9. The Morgan fingerprint density at radius 3 is 2.18 bits per heavy atom. The number of benzene rings is 2. The van der Waals surface area contributed by atoms with E-state index in [1.807, 2.05) is 83.8 Å². The number of hydrogen-bond acceptors (Lipinski definition) is 4. The SMILES string of the molecule is O=C(NC(c1ccccc1)C1SCSCS1)c1ccccc1. The molecule has 0 saturated carbocycles. The highest BCUT2D eigenvalue weighted by Crippen LogP contribution is 2.42. The van der Waals surface area contributed by atoms with E-state index in [4.69, 9.17) is 0 Å². The number of hydrogen-bond donors (Lipinski definition) is 1. The van der Waals surface area contributed by atoms with Gasteiger partial charge >= 0.3 is 0 Å². The molecule has 1 atom stereocenters. The Kier molecular flexibility index (Phi) is 5.76. The van der Waals surface area contributed by atoms with Gasteiger partial charge in [0.1, 0.15) is 0 Å². The van der Waals surface area contributed by atoms with E-state index in [0.717, 1.165) is 10.2 Å². The maximum Gasteiger partial charge on any atom is 0.251 e. The molecule has 114 valence electrons. The van der Waals surface area contributed by atoms with Gasteiger partial charge in [-0.1, -0.05) is 48.5 Å². The molecular weight excluding hydrogens is 330 g/mol. The van der Waals surface area contributed by atoms with Gasteiger partial charge in [-0.15, -0.1) is 35.3 Å². The molecular formula is C17H17NOS3. The molecule has 1 fully saturated rings. The fourth-order valence-electron chi connectivity index (χ4n) is 2.29. The Morgan fingerprint density at radius 1 is 0.955 bits per heavy atom. The average molecular weight is 348 g/mol. The summed E-state index contributed by atoms with van der Waals surface area (Å²) in [6.07, 6.45) is 0. The van der Waals surface area contributed by atoms with Crippen molar-refractivity contribution in [1.82, 2.24) is 5.32 Å². The van der Waals surface area contributed by atoms with Crippen molar-refractivity contribution in [1.29, 1.82) is 0 Å². The molecule has 3 rings (SSSR count).